The lowest BCUT2D eigenvalue weighted by Crippen LogP contribution is -2.55. The van der Waals surface area contributed by atoms with Crippen molar-refractivity contribution in [2.45, 2.75) is 44.3 Å². The number of hydrogen-bond donors (Lipinski definition) is 4. The van der Waals surface area contributed by atoms with Gasteiger partial charge in [-0.1, -0.05) is 65.8 Å². The number of carbonyl (C=O) groups excluding carboxylic acids is 3. The number of nitrogens with zero attached hydrogens (tertiary/aromatic N) is 2. The summed E-state index contributed by atoms with van der Waals surface area (Å²) < 4.78 is 5.13. The van der Waals surface area contributed by atoms with Crippen molar-refractivity contribution in [3.63, 3.8) is 0 Å². The Kier molecular flexibility index (Phi) is 10.5. The third-order valence-electron chi connectivity index (χ3n) is 6.99. The van der Waals surface area contributed by atoms with Crippen LogP contribution in [0.5, 0.6) is 0 Å². The second kappa shape index (κ2) is 14.4. The number of amides is 2. The van der Waals surface area contributed by atoms with Gasteiger partial charge in [-0.2, -0.15) is 0 Å². The zero-order valence-corrected chi connectivity index (χ0v) is 23.7. The molecule has 2 heterocycles. The molecule has 2 atom stereocenters. The lowest BCUT2D eigenvalue weighted by atomic mass is 9.84. The van der Waals surface area contributed by atoms with Gasteiger partial charge < -0.3 is 25.9 Å². The van der Waals surface area contributed by atoms with Crippen LogP contribution < -0.4 is 16.4 Å². The average molecular weight is 578 g/mol. The number of nitrogens with two attached hydrogens (primary N) is 1. The van der Waals surface area contributed by atoms with Gasteiger partial charge in [-0.15, -0.1) is 11.3 Å². The number of thiophene rings is 1. The monoisotopic (exact) mass is 577 g/mol. The molecule has 2 aromatic carbocycles. The van der Waals surface area contributed by atoms with E-state index in [4.69, 9.17) is 15.7 Å². The Morgan fingerprint density at radius 2 is 1.73 bits per heavy atom. The Morgan fingerprint density at radius 1 is 1.07 bits per heavy atom. The summed E-state index contributed by atoms with van der Waals surface area (Å²) >= 11 is 1.31. The summed E-state index contributed by atoms with van der Waals surface area (Å²) in [6.07, 6.45) is 1.21. The van der Waals surface area contributed by atoms with Crippen LogP contribution in [0.25, 0.3) is 0 Å². The fraction of sp³-hybridized carbons (Fsp3) is 0.333. The lowest BCUT2D eigenvalue weighted by Gasteiger charge is -2.33. The van der Waals surface area contributed by atoms with Gasteiger partial charge in [0.15, 0.2) is 5.84 Å². The van der Waals surface area contributed by atoms with Crippen molar-refractivity contribution in [2.24, 2.45) is 10.9 Å². The summed E-state index contributed by atoms with van der Waals surface area (Å²) in [6.45, 7) is 2.50. The molecule has 1 fully saturated rings. The van der Waals surface area contributed by atoms with Crippen LogP contribution in [0.4, 0.5) is 0 Å². The Morgan fingerprint density at radius 3 is 2.34 bits per heavy atom. The number of hydrogen-bond acceptors (Lipinski definition) is 8. The van der Waals surface area contributed by atoms with Crippen LogP contribution in [0.3, 0.4) is 0 Å². The minimum atomic E-state index is -0.821. The van der Waals surface area contributed by atoms with Crippen molar-refractivity contribution in [1.82, 2.24) is 15.5 Å². The SMILES string of the molecule is CCOC(=O)CN[C@H](C(=O)N1CCC[C@H]1C(=O)NCc1ccc(/C(N)=N/O)s1)C(c1ccccc1)c1ccccc1. The normalized spacial score (nSPS) is 16.0. The highest BCUT2D eigenvalue weighted by Crippen LogP contribution is 2.31. The molecule has 1 aliphatic rings. The summed E-state index contributed by atoms with van der Waals surface area (Å²) in [6, 6.07) is 21.4. The van der Waals surface area contributed by atoms with Gasteiger partial charge >= 0.3 is 5.97 Å². The van der Waals surface area contributed by atoms with Crippen molar-refractivity contribution < 1.29 is 24.3 Å². The van der Waals surface area contributed by atoms with Crippen molar-refractivity contribution in [3.8, 4) is 0 Å². The number of rotatable bonds is 12. The Balaban J connectivity index is 1.57. The van der Waals surface area contributed by atoms with Gasteiger partial charge in [-0.05, 0) is 43.0 Å². The number of amidine groups is 1. The standard InChI is InChI=1S/C30H35N5O5S/c1-2-40-25(36)19-32-27(26(20-10-5-3-6-11-20)21-12-7-4-8-13-21)30(38)35-17-9-14-23(35)29(37)33-18-22-15-16-24(41-22)28(31)34-39/h3-8,10-13,15-16,23,26-27,32,39H,2,9,14,17-19H2,1H3,(H2,31,34)(H,33,37)/t23-,27-/m0/s1. The molecule has 5 N–H and O–H groups in total. The van der Waals surface area contributed by atoms with Crippen LogP contribution >= 0.6 is 11.3 Å². The molecule has 0 radical (unpaired) electrons. The van der Waals surface area contributed by atoms with Gasteiger partial charge in [-0.25, -0.2) is 0 Å². The van der Waals surface area contributed by atoms with Crippen molar-refractivity contribution in [2.75, 3.05) is 19.7 Å². The number of esters is 1. The van der Waals surface area contributed by atoms with E-state index in [1.807, 2.05) is 60.7 Å². The molecule has 0 aliphatic carbocycles. The first-order valence-corrected chi connectivity index (χ1v) is 14.4. The van der Waals surface area contributed by atoms with Crippen LogP contribution in [-0.4, -0.2) is 65.5 Å². The molecule has 216 valence electrons. The third-order valence-corrected chi connectivity index (χ3v) is 8.09. The number of carbonyl (C=O) groups is 3. The topological polar surface area (TPSA) is 146 Å². The average Bonchev–Trinajstić information content (AvgIpc) is 3.69. The van der Waals surface area contributed by atoms with Gasteiger partial charge in [0.2, 0.25) is 11.8 Å². The van der Waals surface area contributed by atoms with Gasteiger partial charge in [0.1, 0.15) is 6.04 Å². The molecule has 4 rings (SSSR count). The molecule has 0 unspecified atom stereocenters. The van der Waals surface area contributed by atoms with E-state index in [-0.39, 0.29) is 37.3 Å². The zero-order valence-electron chi connectivity index (χ0n) is 22.9. The van der Waals surface area contributed by atoms with Gasteiger partial charge in [0, 0.05) is 17.3 Å². The maximum Gasteiger partial charge on any atom is 0.319 e. The molecular formula is C30H35N5O5S. The Labute approximate surface area is 243 Å². The van der Waals surface area contributed by atoms with Gasteiger partial charge in [0.05, 0.1) is 30.6 Å². The highest BCUT2D eigenvalue weighted by molar-refractivity contribution is 7.14. The van der Waals surface area contributed by atoms with E-state index < -0.39 is 24.0 Å². The minimum absolute atomic E-state index is 0.00730. The van der Waals surface area contributed by atoms with Gasteiger partial charge in [0.25, 0.3) is 0 Å². The van der Waals surface area contributed by atoms with E-state index in [1.165, 1.54) is 11.3 Å². The first kappa shape index (κ1) is 29.8. The smallest absolute Gasteiger partial charge is 0.319 e. The summed E-state index contributed by atoms with van der Waals surface area (Å²) in [4.78, 5) is 43.0. The molecular weight excluding hydrogens is 542 g/mol. The molecule has 0 saturated carbocycles. The highest BCUT2D eigenvalue weighted by atomic mass is 32.1. The maximum atomic E-state index is 14.3. The van der Waals surface area contributed by atoms with E-state index in [9.17, 15) is 14.4 Å². The predicted octanol–water partition coefficient (Wildman–Crippen LogP) is 2.80. The number of nitrogens with one attached hydrogen (secondary N) is 2. The molecule has 41 heavy (non-hydrogen) atoms. The van der Waals surface area contributed by atoms with E-state index in [2.05, 4.69) is 15.8 Å². The van der Waals surface area contributed by atoms with Crippen LogP contribution in [0.1, 0.15) is 46.6 Å². The lowest BCUT2D eigenvalue weighted by molar-refractivity contribution is -0.143. The summed E-state index contributed by atoms with van der Waals surface area (Å²) in [5, 5.41) is 18.0. The molecule has 10 nitrogen and oxygen atoms in total. The van der Waals surface area contributed by atoms with E-state index >= 15 is 0 Å². The van der Waals surface area contributed by atoms with E-state index in [0.29, 0.717) is 24.3 Å². The third kappa shape index (κ3) is 7.50. The second-order valence-corrected chi connectivity index (χ2v) is 10.8. The van der Waals surface area contributed by atoms with Crippen LogP contribution in [-0.2, 0) is 25.7 Å². The van der Waals surface area contributed by atoms with E-state index in [0.717, 1.165) is 16.0 Å². The zero-order chi connectivity index (χ0) is 29.2. The summed E-state index contributed by atoms with van der Waals surface area (Å²) in [5.74, 6) is -1.37. The van der Waals surface area contributed by atoms with Crippen molar-refractivity contribution >= 4 is 35.0 Å². The molecule has 0 bridgehead atoms. The Hall–Kier alpha value is -4.22. The summed E-state index contributed by atoms with van der Waals surface area (Å²) in [5.41, 5.74) is 7.48. The number of oxime groups is 1. The highest BCUT2D eigenvalue weighted by Gasteiger charge is 2.40. The first-order chi connectivity index (χ1) is 19.9. The largest absolute Gasteiger partial charge is 0.465 e. The van der Waals surface area contributed by atoms with Crippen molar-refractivity contribution in [1.29, 1.82) is 0 Å². The number of ether oxygens (including phenoxy) is 1. The predicted molar refractivity (Wildman–Crippen MR) is 157 cm³/mol. The van der Waals surface area contributed by atoms with Crippen molar-refractivity contribution in [3.05, 3.63) is 93.7 Å². The molecule has 1 aromatic heterocycles. The molecule has 3 aromatic rings. The van der Waals surface area contributed by atoms with Crippen LogP contribution in [0.15, 0.2) is 78.0 Å². The fourth-order valence-electron chi connectivity index (χ4n) is 5.08. The minimum Gasteiger partial charge on any atom is -0.465 e. The number of likely N-dealkylation sites (tertiary alicyclic amines) is 1. The molecule has 11 heteroatoms. The molecule has 0 spiro atoms. The maximum absolute atomic E-state index is 14.3. The second-order valence-electron chi connectivity index (χ2n) is 9.62. The molecule has 1 saturated heterocycles. The van der Waals surface area contributed by atoms with Crippen LogP contribution in [0.2, 0.25) is 0 Å². The van der Waals surface area contributed by atoms with Gasteiger partial charge in [-0.3, -0.25) is 19.7 Å². The fourth-order valence-corrected chi connectivity index (χ4v) is 5.93. The Bertz CT molecular complexity index is 1310. The van der Waals surface area contributed by atoms with E-state index in [1.54, 1.807) is 24.0 Å². The first-order valence-electron chi connectivity index (χ1n) is 13.6. The molecule has 2 amide bonds. The molecule has 1 aliphatic heterocycles. The summed E-state index contributed by atoms with van der Waals surface area (Å²) in [7, 11) is 0. The van der Waals surface area contributed by atoms with Crippen LogP contribution in [0, 0.1) is 0 Å². The number of benzene rings is 2. The quantitative estimate of drug-likeness (QED) is 0.0851.